The normalized spacial score (nSPS) is 22.2. The van der Waals surface area contributed by atoms with Gasteiger partial charge in [-0.2, -0.15) is 0 Å². The maximum atomic E-state index is 6.13. The van der Waals surface area contributed by atoms with Gasteiger partial charge in [0, 0.05) is 12.6 Å². The highest BCUT2D eigenvalue weighted by molar-refractivity contribution is 5.79. The van der Waals surface area contributed by atoms with Crippen molar-refractivity contribution in [2.45, 2.75) is 18.9 Å². The fourth-order valence-corrected chi connectivity index (χ4v) is 3.10. The van der Waals surface area contributed by atoms with E-state index in [1.165, 1.54) is 12.7 Å². The van der Waals surface area contributed by atoms with Crippen molar-refractivity contribution in [2.24, 2.45) is 5.73 Å². The monoisotopic (exact) mass is 315 g/mol. The summed E-state index contributed by atoms with van der Waals surface area (Å²) in [7, 11) is 2.13. The lowest BCUT2D eigenvalue weighted by Crippen LogP contribution is -2.38. The number of hydrogen-bond acceptors (Lipinski definition) is 6. The summed E-state index contributed by atoms with van der Waals surface area (Å²) in [5.74, 6) is 2.10. The Hall–Kier alpha value is -2.41. The van der Waals surface area contributed by atoms with E-state index in [1.807, 2.05) is 18.2 Å². The zero-order chi connectivity index (χ0) is 15.8. The van der Waals surface area contributed by atoms with Crippen molar-refractivity contribution in [1.82, 2.24) is 14.9 Å². The van der Waals surface area contributed by atoms with E-state index in [0.29, 0.717) is 18.5 Å². The third-order valence-electron chi connectivity index (χ3n) is 4.30. The van der Waals surface area contributed by atoms with Gasteiger partial charge in [0.15, 0.2) is 6.73 Å². The number of aromatic amines is 1. The number of anilines is 1. The summed E-state index contributed by atoms with van der Waals surface area (Å²) in [6, 6.07) is 5.94. The molecule has 1 unspecified atom stereocenters. The maximum absolute atomic E-state index is 6.13. The van der Waals surface area contributed by atoms with Gasteiger partial charge >= 0.3 is 0 Å². The van der Waals surface area contributed by atoms with Gasteiger partial charge in [-0.05, 0) is 38.6 Å². The molecule has 0 bridgehead atoms. The van der Waals surface area contributed by atoms with Crippen molar-refractivity contribution in [2.75, 3.05) is 31.8 Å². The predicted molar refractivity (Wildman–Crippen MR) is 87.9 cm³/mol. The molecule has 4 rings (SSSR count). The molecular formula is C16H21N5O2. The number of ether oxygens (including phenoxy) is 2. The van der Waals surface area contributed by atoms with Gasteiger partial charge in [0.25, 0.3) is 0 Å². The molecule has 7 nitrogen and oxygen atoms in total. The van der Waals surface area contributed by atoms with Crippen LogP contribution < -0.4 is 15.4 Å². The smallest absolute Gasteiger partial charge is 0.212 e. The molecule has 0 saturated carbocycles. The third-order valence-corrected chi connectivity index (χ3v) is 4.30. The SMILES string of the molecule is CN1CCCC(Oc2ccc3nc(N4COC=C4N)[nH]c3c2)C1. The number of H-pyrrole nitrogens is 1. The van der Waals surface area contributed by atoms with Gasteiger partial charge in [0.1, 0.15) is 23.9 Å². The van der Waals surface area contributed by atoms with Gasteiger partial charge in [0.05, 0.1) is 11.0 Å². The van der Waals surface area contributed by atoms with Crippen molar-refractivity contribution in [3.8, 4) is 5.75 Å². The van der Waals surface area contributed by atoms with Crippen LogP contribution in [0.25, 0.3) is 11.0 Å². The fourth-order valence-electron chi connectivity index (χ4n) is 3.10. The lowest BCUT2D eigenvalue weighted by molar-refractivity contribution is 0.104. The van der Waals surface area contributed by atoms with Gasteiger partial charge in [-0.3, -0.25) is 4.90 Å². The largest absolute Gasteiger partial charge is 0.489 e. The Morgan fingerprint density at radius 1 is 1.43 bits per heavy atom. The van der Waals surface area contributed by atoms with Crippen LogP contribution in [0, 0.1) is 0 Å². The molecule has 2 aliphatic heterocycles. The standard InChI is InChI=1S/C16H21N5O2/c1-20-6-2-3-12(8-20)23-11-4-5-13-14(7-11)19-16(18-13)21-10-22-9-15(21)17/h4-5,7,9,12H,2-3,6,8,10,17H2,1H3,(H,18,19). The molecule has 2 aliphatic rings. The maximum Gasteiger partial charge on any atom is 0.212 e. The van der Waals surface area contributed by atoms with Crippen LogP contribution >= 0.6 is 0 Å². The summed E-state index contributed by atoms with van der Waals surface area (Å²) in [5, 5.41) is 0. The molecule has 1 fully saturated rings. The number of hydrogen-bond donors (Lipinski definition) is 2. The fraction of sp³-hybridized carbons (Fsp3) is 0.438. The summed E-state index contributed by atoms with van der Waals surface area (Å²) in [4.78, 5) is 11.9. The van der Waals surface area contributed by atoms with E-state index < -0.39 is 0 Å². The van der Waals surface area contributed by atoms with Crippen LogP contribution in [0.15, 0.2) is 30.3 Å². The Morgan fingerprint density at radius 3 is 3.13 bits per heavy atom. The molecular weight excluding hydrogens is 294 g/mol. The number of nitrogens with zero attached hydrogens (tertiary/aromatic N) is 3. The number of benzene rings is 1. The Bertz CT molecular complexity index is 741. The van der Waals surface area contributed by atoms with Crippen LogP contribution in [0.3, 0.4) is 0 Å². The highest BCUT2D eigenvalue weighted by Gasteiger charge is 2.20. The minimum Gasteiger partial charge on any atom is -0.489 e. The first-order valence-corrected chi connectivity index (χ1v) is 7.89. The second kappa shape index (κ2) is 5.66. The first kappa shape index (κ1) is 14.2. The number of likely N-dealkylation sites (tertiary alicyclic amines) is 1. The summed E-state index contributed by atoms with van der Waals surface area (Å²) in [6.07, 6.45) is 4.06. The molecule has 0 aliphatic carbocycles. The van der Waals surface area contributed by atoms with Crippen LogP contribution in [0.2, 0.25) is 0 Å². The third kappa shape index (κ3) is 2.79. The Labute approximate surface area is 134 Å². The number of aromatic nitrogens is 2. The van der Waals surface area contributed by atoms with Gasteiger partial charge in [0.2, 0.25) is 5.95 Å². The van der Waals surface area contributed by atoms with Crippen molar-refractivity contribution in [3.05, 3.63) is 30.3 Å². The molecule has 0 amide bonds. The van der Waals surface area contributed by atoms with Gasteiger partial charge in [-0.1, -0.05) is 0 Å². The number of fused-ring (bicyclic) bond motifs is 1. The molecule has 3 N–H and O–H groups in total. The molecule has 2 aromatic rings. The average Bonchev–Trinajstić information content (AvgIpc) is 3.12. The number of nitrogens with two attached hydrogens (primary N) is 1. The lowest BCUT2D eigenvalue weighted by atomic mass is 10.1. The summed E-state index contributed by atoms with van der Waals surface area (Å²) in [5.41, 5.74) is 7.69. The summed E-state index contributed by atoms with van der Waals surface area (Å²) in [6.45, 7) is 2.50. The summed E-state index contributed by atoms with van der Waals surface area (Å²) < 4.78 is 11.3. The summed E-state index contributed by atoms with van der Waals surface area (Å²) >= 11 is 0. The Balaban J connectivity index is 1.54. The van der Waals surface area contributed by atoms with Crippen LogP contribution in [-0.4, -0.2) is 47.8 Å². The first-order chi connectivity index (χ1) is 11.2. The van der Waals surface area contributed by atoms with E-state index in [-0.39, 0.29) is 6.10 Å². The van der Waals surface area contributed by atoms with Crippen molar-refractivity contribution < 1.29 is 9.47 Å². The quantitative estimate of drug-likeness (QED) is 0.895. The highest BCUT2D eigenvalue weighted by Crippen LogP contribution is 2.26. The first-order valence-electron chi connectivity index (χ1n) is 7.89. The lowest BCUT2D eigenvalue weighted by Gasteiger charge is -2.29. The van der Waals surface area contributed by atoms with E-state index in [9.17, 15) is 0 Å². The van der Waals surface area contributed by atoms with E-state index >= 15 is 0 Å². The van der Waals surface area contributed by atoms with Crippen LogP contribution in [-0.2, 0) is 4.74 Å². The number of nitrogens with one attached hydrogen (secondary N) is 1. The van der Waals surface area contributed by atoms with Crippen LogP contribution in [0.5, 0.6) is 5.75 Å². The Morgan fingerprint density at radius 2 is 2.35 bits per heavy atom. The van der Waals surface area contributed by atoms with Crippen molar-refractivity contribution in [3.63, 3.8) is 0 Å². The predicted octanol–water partition coefficient (Wildman–Crippen LogP) is 1.59. The molecule has 0 spiro atoms. The number of imidazole rings is 1. The number of likely N-dealkylation sites (N-methyl/N-ethyl adjacent to an activating group) is 1. The molecule has 1 aromatic heterocycles. The van der Waals surface area contributed by atoms with E-state index in [0.717, 1.165) is 36.3 Å². The number of rotatable bonds is 3. The van der Waals surface area contributed by atoms with Gasteiger partial charge in [-0.15, -0.1) is 0 Å². The topological polar surface area (TPSA) is 79.6 Å². The van der Waals surface area contributed by atoms with Crippen LogP contribution in [0.4, 0.5) is 5.95 Å². The van der Waals surface area contributed by atoms with Crippen molar-refractivity contribution >= 4 is 17.0 Å². The Kier molecular flexibility index (Phi) is 3.49. The van der Waals surface area contributed by atoms with E-state index in [4.69, 9.17) is 15.2 Å². The minimum absolute atomic E-state index is 0.249. The average molecular weight is 315 g/mol. The van der Waals surface area contributed by atoms with Crippen molar-refractivity contribution in [1.29, 1.82) is 0 Å². The molecule has 1 aromatic carbocycles. The van der Waals surface area contributed by atoms with Crippen LogP contribution in [0.1, 0.15) is 12.8 Å². The zero-order valence-electron chi connectivity index (χ0n) is 13.2. The van der Waals surface area contributed by atoms with E-state index in [2.05, 4.69) is 21.9 Å². The second-order valence-electron chi connectivity index (χ2n) is 6.15. The second-order valence-corrected chi connectivity index (χ2v) is 6.15. The van der Waals surface area contributed by atoms with E-state index in [1.54, 1.807) is 4.90 Å². The minimum atomic E-state index is 0.249. The van der Waals surface area contributed by atoms with Gasteiger partial charge < -0.3 is 25.1 Å². The molecule has 1 atom stereocenters. The molecule has 3 heterocycles. The molecule has 7 heteroatoms. The molecule has 23 heavy (non-hydrogen) atoms. The zero-order valence-corrected chi connectivity index (χ0v) is 13.2. The van der Waals surface area contributed by atoms with Gasteiger partial charge in [-0.25, -0.2) is 4.98 Å². The number of piperidine rings is 1. The molecule has 122 valence electrons. The molecule has 0 radical (unpaired) electrons. The highest BCUT2D eigenvalue weighted by atomic mass is 16.5. The molecule has 1 saturated heterocycles.